The number of benzene rings is 2. The minimum atomic E-state index is -4.45. The summed E-state index contributed by atoms with van der Waals surface area (Å²) >= 11 is 0. The average molecular weight is 757 g/mol. The zero-order valence-electron chi connectivity index (χ0n) is 30.2. The average Bonchev–Trinajstić information content (AvgIpc) is 3.71. The molecule has 0 saturated carbocycles. The SMILES string of the molecule is CC(C)N.CC(C)NC(=O)N1c2nc(-c3cccc(C(F)(F)F)c3)ncc2N2CC[C@H]1C2.FC(F)(F)c1cccc(-c2ncc3c(n2)N[C@H]2CCN3C2)c1. The van der Waals surface area contributed by atoms with Crippen LogP contribution in [0.2, 0.25) is 0 Å². The van der Waals surface area contributed by atoms with Crippen LogP contribution in [0.5, 0.6) is 0 Å². The number of nitrogens with two attached hydrogens (primary N) is 1. The number of nitrogens with one attached hydrogen (secondary N) is 2. The predicted octanol–water partition coefficient (Wildman–Crippen LogP) is 7.20. The van der Waals surface area contributed by atoms with Gasteiger partial charge in [-0.05, 0) is 57.0 Å². The molecular weight excluding hydrogens is 714 g/mol. The molecule has 11 nitrogen and oxygen atoms in total. The summed E-state index contributed by atoms with van der Waals surface area (Å²) in [7, 11) is 0. The van der Waals surface area contributed by atoms with Crippen molar-refractivity contribution in [1.82, 2.24) is 25.3 Å². The molecule has 0 unspecified atom stereocenters. The lowest BCUT2D eigenvalue weighted by Crippen LogP contribution is -2.52. The molecule has 4 N–H and O–H groups in total. The van der Waals surface area contributed by atoms with E-state index in [9.17, 15) is 31.1 Å². The molecule has 6 heterocycles. The fourth-order valence-electron chi connectivity index (χ4n) is 6.64. The van der Waals surface area contributed by atoms with Crippen LogP contribution in [0.4, 0.5) is 54.1 Å². The number of alkyl halides is 6. The lowest BCUT2D eigenvalue weighted by atomic mass is 10.1. The molecule has 0 radical (unpaired) electrons. The second-order valence-electron chi connectivity index (χ2n) is 14.2. The van der Waals surface area contributed by atoms with E-state index in [1.165, 1.54) is 18.2 Å². The van der Waals surface area contributed by atoms with Crippen molar-refractivity contribution in [2.45, 2.75) is 77.1 Å². The summed E-state index contributed by atoms with van der Waals surface area (Å²) in [5.41, 5.74) is 5.93. The molecule has 4 aliphatic heterocycles. The van der Waals surface area contributed by atoms with Gasteiger partial charge in [0, 0.05) is 49.4 Å². The Bertz CT molecular complexity index is 1970. The summed E-state index contributed by atoms with van der Waals surface area (Å²) in [5.74, 6) is 1.61. The minimum absolute atomic E-state index is 0.0180. The van der Waals surface area contributed by atoms with Crippen molar-refractivity contribution in [2.75, 3.05) is 46.2 Å². The number of carbonyl (C=O) groups is 1. The van der Waals surface area contributed by atoms with E-state index in [-0.39, 0.29) is 29.5 Å². The molecule has 2 aromatic heterocycles. The molecule has 2 saturated heterocycles. The molecule has 2 atom stereocenters. The molecule has 0 spiro atoms. The van der Waals surface area contributed by atoms with Gasteiger partial charge in [-0.3, -0.25) is 4.90 Å². The second kappa shape index (κ2) is 15.3. The normalized spacial score (nSPS) is 18.3. The molecule has 54 heavy (non-hydrogen) atoms. The van der Waals surface area contributed by atoms with Gasteiger partial charge in [-0.25, -0.2) is 24.7 Å². The van der Waals surface area contributed by atoms with E-state index < -0.39 is 23.5 Å². The summed E-state index contributed by atoms with van der Waals surface area (Å²) in [6.45, 7) is 11.0. The van der Waals surface area contributed by atoms with E-state index in [0.29, 0.717) is 41.7 Å². The monoisotopic (exact) mass is 756 g/mol. The molecule has 4 aliphatic rings. The molecule has 8 rings (SSSR count). The van der Waals surface area contributed by atoms with Crippen LogP contribution in [-0.2, 0) is 12.4 Å². The van der Waals surface area contributed by atoms with Crippen LogP contribution in [0, 0.1) is 0 Å². The molecule has 4 aromatic rings. The largest absolute Gasteiger partial charge is 0.416 e. The summed E-state index contributed by atoms with van der Waals surface area (Å²) in [6, 6.07) is 10.4. The van der Waals surface area contributed by atoms with Crippen molar-refractivity contribution in [3.05, 3.63) is 72.1 Å². The van der Waals surface area contributed by atoms with Crippen LogP contribution < -0.4 is 31.1 Å². The number of fused-ring (bicyclic) bond motifs is 8. The highest BCUT2D eigenvalue weighted by molar-refractivity contribution is 5.97. The standard InChI is InChI=1S/C19H20F3N5O.C15H13F3N4.C3H9N/c1-11(2)24-18(28)27-14-6-7-26(10-14)15-9-23-16(25-17(15)27)12-4-3-5-13(8-12)19(20,21)22;16-15(17,18)10-3-1-2-9(6-10)13-19-7-12-14(21-13)20-11-4-5-22(12)8-11;1-3(2)4/h3-5,8-9,11,14H,6-7,10H2,1-2H3,(H,24,28);1-3,6-7,11H,4-5,8H2,(H,19,20,21);3H,4H2,1-2H3/t14-;11-;/m00./s1. The van der Waals surface area contributed by atoms with Crippen LogP contribution in [-0.4, -0.2) is 76.3 Å². The zero-order valence-corrected chi connectivity index (χ0v) is 30.2. The van der Waals surface area contributed by atoms with Gasteiger partial charge in [0.15, 0.2) is 23.3 Å². The van der Waals surface area contributed by atoms with Crippen molar-refractivity contribution < 1.29 is 31.1 Å². The first kappa shape index (κ1) is 38.5. The Morgan fingerprint density at radius 2 is 1.35 bits per heavy atom. The topological polar surface area (TPSA) is 128 Å². The Morgan fingerprint density at radius 3 is 1.93 bits per heavy atom. The number of urea groups is 1. The van der Waals surface area contributed by atoms with Gasteiger partial charge in [-0.2, -0.15) is 26.3 Å². The number of amides is 2. The third kappa shape index (κ3) is 8.61. The number of halogens is 6. The van der Waals surface area contributed by atoms with Gasteiger partial charge in [0.1, 0.15) is 0 Å². The molecule has 17 heteroatoms. The van der Waals surface area contributed by atoms with Gasteiger partial charge >= 0.3 is 18.4 Å². The number of aromatic nitrogens is 4. The fraction of sp³-hybridized carbons (Fsp3) is 0.432. The van der Waals surface area contributed by atoms with E-state index in [1.54, 1.807) is 23.4 Å². The van der Waals surface area contributed by atoms with Crippen molar-refractivity contribution in [3.63, 3.8) is 0 Å². The highest BCUT2D eigenvalue weighted by atomic mass is 19.4. The van der Waals surface area contributed by atoms with Crippen molar-refractivity contribution in [2.24, 2.45) is 5.73 Å². The highest BCUT2D eigenvalue weighted by Crippen LogP contribution is 2.40. The van der Waals surface area contributed by atoms with Crippen LogP contribution in [0.1, 0.15) is 51.7 Å². The van der Waals surface area contributed by atoms with E-state index >= 15 is 0 Å². The van der Waals surface area contributed by atoms with E-state index in [1.807, 2.05) is 27.7 Å². The Labute approximate surface area is 309 Å². The molecule has 2 amide bonds. The Hall–Kier alpha value is -5.19. The third-order valence-electron chi connectivity index (χ3n) is 9.01. The molecule has 2 aromatic carbocycles. The minimum Gasteiger partial charge on any atom is -0.365 e. The number of nitrogens with zero attached hydrogens (tertiary/aromatic N) is 7. The molecule has 288 valence electrons. The van der Waals surface area contributed by atoms with E-state index in [0.717, 1.165) is 68.1 Å². The number of rotatable bonds is 3. The number of hydrogen-bond acceptors (Lipinski definition) is 9. The molecule has 2 fully saturated rings. The summed E-state index contributed by atoms with van der Waals surface area (Å²) < 4.78 is 77.6. The Kier molecular flexibility index (Phi) is 10.9. The van der Waals surface area contributed by atoms with Crippen LogP contribution in [0.3, 0.4) is 0 Å². The third-order valence-corrected chi connectivity index (χ3v) is 9.01. The Morgan fingerprint density at radius 1 is 0.815 bits per heavy atom. The van der Waals surface area contributed by atoms with E-state index in [2.05, 4.69) is 40.4 Å². The molecule has 4 bridgehead atoms. The van der Waals surface area contributed by atoms with Gasteiger partial charge in [-0.15, -0.1) is 0 Å². The van der Waals surface area contributed by atoms with Gasteiger partial charge in [0.05, 0.1) is 40.9 Å². The second-order valence-corrected chi connectivity index (χ2v) is 14.2. The van der Waals surface area contributed by atoms with Gasteiger partial charge < -0.3 is 26.2 Å². The first-order chi connectivity index (χ1) is 25.5. The number of anilines is 4. The maximum Gasteiger partial charge on any atom is 0.416 e. The number of hydrogen-bond donors (Lipinski definition) is 3. The van der Waals surface area contributed by atoms with Gasteiger partial charge in [0.2, 0.25) is 0 Å². The summed E-state index contributed by atoms with van der Waals surface area (Å²) in [4.78, 5) is 36.1. The van der Waals surface area contributed by atoms with Crippen molar-refractivity contribution in [1.29, 1.82) is 0 Å². The Balaban J connectivity index is 0.000000171. The fourth-order valence-corrected chi connectivity index (χ4v) is 6.64. The number of carbonyl (C=O) groups excluding carboxylic acids is 1. The smallest absolute Gasteiger partial charge is 0.365 e. The highest BCUT2D eigenvalue weighted by Gasteiger charge is 2.41. The van der Waals surface area contributed by atoms with Crippen molar-refractivity contribution >= 4 is 29.0 Å². The first-order valence-electron chi connectivity index (χ1n) is 17.7. The summed E-state index contributed by atoms with van der Waals surface area (Å²) in [5, 5.41) is 6.21. The lowest BCUT2D eigenvalue weighted by Gasteiger charge is -2.36. The maximum absolute atomic E-state index is 13.0. The van der Waals surface area contributed by atoms with Crippen LogP contribution >= 0.6 is 0 Å². The van der Waals surface area contributed by atoms with Crippen LogP contribution in [0.25, 0.3) is 22.8 Å². The van der Waals surface area contributed by atoms with Gasteiger partial charge in [0.25, 0.3) is 0 Å². The van der Waals surface area contributed by atoms with Crippen molar-refractivity contribution in [3.8, 4) is 22.8 Å². The zero-order chi connectivity index (χ0) is 38.9. The molecule has 0 aliphatic carbocycles. The van der Waals surface area contributed by atoms with Gasteiger partial charge in [-0.1, -0.05) is 38.1 Å². The quantitative estimate of drug-likeness (QED) is 0.186. The van der Waals surface area contributed by atoms with Crippen LogP contribution in [0.15, 0.2) is 60.9 Å². The van der Waals surface area contributed by atoms with E-state index in [4.69, 9.17) is 5.73 Å². The predicted molar refractivity (Wildman–Crippen MR) is 195 cm³/mol. The summed E-state index contributed by atoms with van der Waals surface area (Å²) in [6.07, 6.45) is -3.69. The first-order valence-corrected chi connectivity index (χ1v) is 17.7. The molecular formula is C37H42F6N10O. The maximum atomic E-state index is 13.0. The lowest BCUT2D eigenvalue weighted by molar-refractivity contribution is -0.138.